The lowest BCUT2D eigenvalue weighted by atomic mass is 9.81. The van der Waals surface area contributed by atoms with Crippen molar-refractivity contribution in [1.29, 1.82) is 0 Å². The molecule has 1 amide bonds. The molecular formula is C37H38N6O5. The minimum atomic E-state index is -1.47. The molecule has 3 N–H and O–H groups in total. The molecule has 4 aromatic carbocycles. The van der Waals surface area contributed by atoms with Gasteiger partial charge >= 0.3 is 0 Å². The standard InChI is InChI=1S/C37H38N6O5/c1-46-33-13-6-12-28(22-33)34-37(23-29-10-4-5-11-30(29)24-39-43-38,36(45)42-41-31-20-26-8-2-3-9-27(26)21-31)40-35(48-34)25-14-16-32(17-15-25)47-19-7-18-44/h2-6,8-17,22,31,34,41,44H,7,18-21,23-24H2,1H3,(H,42,45)/t34-,37-/m0/s1. The summed E-state index contributed by atoms with van der Waals surface area (Å²) >= 11 is 0. The van der Waals surface area contributed by atoms with E-state index in [1.54, 1.807) is 7.11 Å². The highest BCUT2D eigenvalue weighted by atomic mass is 16.5. The van der Waals surface area contributed by atoms with Gasteiger partial charge in [0.25, 0.3) is 5.91 Å². The van der Waals surface area contributed by atoms with Crippen molar-refractivity contribution in [2.24, 2.45) is 10.1 Å². The molecule has 0 unspecified atom stereocenters. The van der Waals surface area contributed by atoms with Crippen molar-refractivity contribution in [2.75, 3.05) is 20.3 Å². The lowest BCUT2D eigenvalue weighted by molar-refractivity contribution is -0.130. The number of aliphatic hydroxyl groups is 1. The number of hydrogen-bond donors (Lipinski definition) is 3. The number of carbonyl (C=O) groups excluding carboxylic acids is 1. The maximum atomic E-state index is 14.7. The Morgan fingerprint density at radius 2 is 1.73 bits per heavy atom. The van der Waals surface area contributed by atoms with Gasteiger partial charge in [-0.05, 0) is 82.6 Å². The molecule has 11 heteroatoms. The summed E-state index contributed by atoms with van der Waals surface area (Å²) in [6.45, 7) is 0.567. The van der Waals surface area contributed by atoms with Crippen molar-refractivity contribution < 1.29 is 24.1 Å². The van der Waals surface area contributed by atoms with E-state index in [0.717, 1.165) is 24.0 Å². The monoisotopic (exact) mass is 646 g/mol. The molecule has 1 heterocycles. The summed E-state index contributed by atoms with van der Waals surface area (Å²) < 4.78 is 18.0. The van der Waals surface area contributed by atoms with Gasteiger partial charge in [0.2, 0.25) is 5.90 Å². The Morgan fingerprint density at radius 1 is 1.00 bits per heavy atom. The van der Waals surface area contributed by atoms with Crippen LogP contribution in [0.25, 0.3) is 10.4 Å². The van der Waals surface area contributed by atoms with Crippen molar-refractivity contribution in [3.8, 4) is 11.5 Å². The average Bonchev–Trinajstić information content (AvgIpc) is 3.73. The lowest BCUT2D eigenvalue weighted by Gasteiger charge is -2.32. The van der Waals surface area contributed by atoms with Gasteiger partial charge in [0.05, 0.1) is 20.3 Å². The van der Waals surface area contributed by atoms with Crippen LogP contribution in [0.2, 0.25) is 0 Å². The molecule has 246 valence electrons. The fourth-order valence-electron chi connectivity index (χ4n) is 6.31. The Bertz CT molecular complexity index is 1800. The van der Waals surface area contributed by atoms with Crippen LogP contribution >= 0.6 is 0 Å². The summed E-state index contributed by atoms with van der Waals surface area (Å²) in [6.07, 6.45) is 1.43. The predicted octanol–water partition coefficient (Wildman–Crippen LogP) is 5.55. The molecule has 0 saturated carbocycles. The molecule has 2 atom stereocenters. The van der Waals surface area contributed by atoms with E-state index in [9.17, 15) is 4.79 Å². The minimum Gasteiger partial charge on any atom is -0.497 e. The average molecular weight is 647 g/mol. The second-order valence-electron chi connectivity index (χ2n) is 11.9. The number of rotatable bonds is 14. The van der Waals surface area contributed by atoms with Gasteiger partial charge in [-0.1, -0.05) is 65.8 Å². The molecule has 1 aliphatic carbocycles. The molecule has 0 radical (unpaired) electrons. The summed E-state index contributed by atoms with van der Waals surface area (Å²) in [5, 5.41) is 12.9. The molecule has 11 nitrogen and oxygen atoms in total. The maximum Gasteiger partial charge on any atom is 0.266 e. The highest BCUT2D eigenvalue weighted by Crippen LogP contribution is 2.43. The number of ether oxygens (including phenoxy) is 3. The van der Waals surface area contributed by atoms with Gasteiger partial charge in [-0.25, -0.2) is 10.4 Å². The second kappa shape index (κ2) is 15.0. The first-order valence-corrected chi connectivity index (χ1v) is 16.0. The third kappa shape index (κ3) is 7.13. The quantitative estimate of drug-likeness (QED) is 0.0537. The Morgan fingerprint density at radius 3 is 2.44 bits per heavy atom. The van der Waals surface area contributed by atoms with Crippen LogP contribution < -0.4 is 20.3 Å². The van der Waals surface area contributed by atoms with E-state index in [0.29, 0.717) is 41.6 Å². The number of azide groups is 1. The molecule has 0 bridgehead atoms. The fraction of sp³-hybridized carbons (Fsp3) is 0.297. The van der Waals surface area contributed by atoms with Crippen LogP contribution in [0, 0.1) is 0 Å². The van der Waals surface area contributed by atoms with Crippen LogP contribution in [0.1, 0.15) is 45.9 Å². The van der Waals surface area contributed by atoms with Gasteiger partial charge in [0.15, 0.2) is 11.6 Å². The smallest absolute Gasteiger partial charge is 0.266 e. The number of hydrazine groups is 1. The second-order valence-corrected chi connectivity index (χ2v) is 11.9. The predicted molar refractivity (Wildman–Crippen MR) is 182 cm³/mol. The molecular weight excluding hydrogens is 608 g/mol. The van der Waals surface area contributed by atoms with E-state index in [4.69, 9.17) is 29.8 Å². The first kappa shape index (κ1) is 32.6. The van der Waals surface area contributed by atoms with Gasteiger partial charge in [-0.3, -0.25) is 10.2 Å². The molecule has 6 rings (SSSR count). The lowest BCUT2D eigenvalue weighted by Crippen LogP contribution is -2.56. The number of hydrogen-bond acceptors (Lipinski definition) is 8. The van der Waals surface area contributed by atoms with Crippen LogP contribution in [-0.4, -0.2) is 48.8 Å². The number of methoxy groups -OCH3 is 1. The molecule has 0 fully saturated rings. The Balaban J connectivity index is 1.40. The third-order valence-corrected chi connectivity index (χ3v) is 8.75. The zero-order chi connectivity index (χ0) is 33.3. The zero-order valence-corrected chi connectivity index (χ0v) is 26.7. The zero-order valence-electron chi connectivity index (χ0n) is 26.7. The Kier molecular flexibility index (Phi) is 10.2. The van der Waals surface area contributed by atoms with Crippen molar-refractivity contribution in [2.45, 2.75) is 49.9 Å². The summed E-state index contributed by atoms with van der Waals surface area (Å²) in [6, 6.07) is 30.7. The molecule has 1 aliphatic heterocycles. The molecule has 48 heavy (non-hydrogen) atoms. The van der Waals surface area contributed by atoms with Crippen LogP contribution in [-0.2, 0) is 35.3 Å². The summed E-state index contributed by atoms with van der Waals surface area (Å²) in [5.41, 5.74) is 19.4. The van der Waals surface area contributed by atoms with Crippen molar-refractivity contribution >= 4 is 11.8 Å². The van der Waals surface area contributed by atoms with Gasteiger partial charge < -0.3 is 19.3 Å². The molecule has 4 aromatic rings. The highest BCUT2D eigenvalue weighted by molar-refractivity contribution is 6.01. The number of benzene rings is 4. The SMILES string of the molecule is COc1cccc([C@@H]2OC(c3ccc(OCCCO)cc3)=N[C@]2(Cc2ccccc2CN=[N+]=[N-])C(=O)NNC2Cc3ccccc3C2)c1. The molecule has 0 aromatic heterocycles. The number of carbonyl (C=O) groups is 1. The number of aliphatic imine (C=N–C) groups is 1. The Labute approximate surface area is 279 Å². The van der Waals surface area contributed by atoms with Crippen LogP contribution in [0.4, 0.5) is 0 Å². The number of nitrogens with zero attached hydrogens (tertiary/aromatic N) is 4. The first-order chi connectivity index (χ1) is 23.5. The summed E-state index contributed by atoms with van der Waals surface area (Å²) in [5.74, 6) is 1.21. The fourth-order valence-corrected chi connectivity index (χ4v) is 6.31. The number of amides is 1. The topological polar surface area (TPSA) is 150 Å². The molecule has 0 spiro atoms. The van der Waals surface area contributed by atoms with E-state index >= 15 is 0 Å². The Hall–Kier alpha value is -5.35. The van der Waals surface area contributed by atoms with E-state index in [1.807, 2.05) is 84.9 Å². The molecule has 0 saturated heterocycles. The van der Waals surface area contributed by atoms with E-state index < -0.39 is 11.6 Å². The van der Waals surface area contributed by atoms with Crippen LogP contribution in [0.5, 0.6) is 11.5 Å². The van der Waals surface area contributed by atoms with Crippen molar-refractivity contribution in [1.82, 2.24) is 10.9 Å². The maximum absolute atomic E-state index is 14.7. The van der Waals surface area contributed by atoms with Crippen molar-refractivity contribution in [3.05, 3.63) is 141 Å². The number of nitrogens with one attached hydrogen (secondary N) is 2. The number of fused-ring (bicyclic) bond motifs is 1. The van der Waals surface area contributed by atoms with Crippen LogP contribution in [0.3, 0.4) is 0 Å². The summed E-state index contributed by atoms with van der Waals surface area (Å²) in [4.78, 5) is 22.8. The summed E-state index contributed by atoms with van der Waals surface area (Å²) in [7, 11) is 1.59. The first-order valence-electron chi connectivity index (χ1n) is 16.0. The van der Waals surface area contributed by atoms with E-state index in [-0.39, 0.29) is 31.5 Å². The van der Waals surface area contributed by atoms with Crippen LogP contribution in [0.15, 0.2) is 107 Å². The van der Waals surface area contributed by atoms with Gasteiger partial charge in [-0.2, -0.15) is 0 Å². The van der Waals surface area contributed by atoms with Gasteiger partial charge in [-0.15, -0.1) is 0 Å². The number of aliphatic hydroxyl groups excluding tert-OH is 1. The highest BCUT2D eigenvalue weighted by Gasteiger charge is 2.54. The third-order valence-electron chi connectivity index (χ3n) is 8.75. The largest absolute Gasteiger partial charge is 0.497 e. The van der Waals surface area contributed by atoms with E-state index in [1.165, 1.54) is 11.1 Å². The van der Waals surface area contributed by atoms with Gasteiger partial charge in [0, 0.05) is 36.0 Å². The normalized spacial score (nSPS) is 18.3. The van der Waals surface area contributed by atoms with E-state index in [2.05, 4.69) is 33.0 Å². The minimum absolute atomic E-state index is 0.0140. The molecule has 2 aliphatic rings. The van der Waals surface area contributed by atoms with Crippen molar-refractivity contribution in [3.63, 3.8) is 0 Å². The van der Waals surface area contributed by atoms with Gasteiger partial charge in [0.1, 0.15) is 11.5 Å².